The summed E-state index contributed by atoms with van der Waals surface area (Å²) >= 11 is 0. The van der Waals surface area contributed by atoms with E-state index in [9.17, 15) is 14.4 Å². The summed E-state index contributed by atoms with van der Waals surface area (Å²) in [5.74, 6) is -0.178. The summed E-state index contributed by atoms with van der Waals surface area (Å²) in [5.41, 5.74) is 12.3. The van der Waals surface area contributed by atoms with Gasteiger partial charge in [0.15, 0.2) is 0 Å². The third-order valence-electron chi connectivity index (χ3n) is 13.6. The van der Waals surface area contributed by atoms with Gasteiger partial charge in [0, 0.05) is 53.3 Å². The highest BCUT2D eigenvalue weighted by Crippen LogP contribution is 2.45. The molecule has 6 rings (SSSR count). The van der Waals surface area contributed by atoms with Crippen LogP contribution in [0.4, 0.5) is 0 Å². The van der Waals surface area contributed by atoms with Crippen molar-refractivity contribution in [2.75, 3.05) is 20.2 Å². The molecular formula is C51H74N6O5Si. The second-order valence-corrected chi connectivity index (χ2v) is 25.4. The van der Waals surface area contributed by atoms with Crippen LogP contribution in [0.25, 0.3) is 33.3 Å². The fourth-order valence-corrected chi connectivity index (χ4v) is 15.8. The number of carbonyl (C=O) groups excluding carboxylic acids is 3. The predicted octanol–water partition coefficient (Wildman–Crippen LogP) is 9.40. The molecule has 3 atom stereocenters. The second-order valence-electron chi connectivity index (χ2n) is 20.0. The maximum absolute atomic E-state index is 14.8. The van der Waals surface area contributed by atoms with Gasteiger partial charge in [-0.15, -0.1) is 0 Å². The van der Waals surface area contributed by atoms with Gasteiger partial charge >= 0.3 is 5.97 Å². The molecule has 12 heteroatoms. The third kappa shape index (κ3) is 9.93. The van der Waals surface area contributed by atoms with E-state index in [-0.39, 0.29) is 36.7 Å². The lowest BCUT2D eigenvalue weighted by Crippen LogP contribution is -2.61. The number of hydrazine groups is 1. The Balaban J connectivity index is 1.63. The minimum atomic E-state index is -2.43. The highest BCUT2D eigenvalue weighted by Gasteiger charge is 2.47. The van der Waals surface area contributed by atoms with Gasteiger partial charge in [0.25, 0.3) is 14.2 Å². The summed E-state index contributed by atoms with van der Waals surface area (Å²) in [6.45, 7) is 27.7. The van der Waals surface area contributed by atoms with Gasteiger partial charge in [0.05, 0.1) is 18.3 Å². The van der Waals surface area contributed by atoms with Crippen molar-refractivity contribution in [3.05, 3.63) is 71.5 Å². The summed E-state index contributed by atoms with van der Waals surface area (Å²) in [5, 5.41) is 8.95. The molecule has 63 heavy (non-hydrogen) atoms. The first-order valence-electron chi connectivity index (χ1n) is 23.5. The van der Waals surface area contributed by atoms with Crippen LogP contribution in [0.5, 0.6) is 5.75 Å². The van der Waals surface area contributed by atoms with Gasteiger partial charge in [-0.2, -0.15) is 0 Å². The molecule has 3 N–H and O–H groups in total. The Morgan fingerprint density at radius 2 is 1.70 bits per heavy atom. The number of carbonyl (C=O) groups is 3. The van der Waals surface area contributed by atoms with Crippen molar-refractivity contribution < 1.29 is 23.5 Å². The largest absolute Gasteiger partial charge is 0.543 e. The van der Waals surface area contributed by atoms with E-state index < -0.39 is 31.9 Å². The number of likely N-dealkylation sites (N-methyl/N-ethyl adjacent to an activating group) is 1. The third-order valence-corrected chi connectivity index (χ3v) is 19.6. The monoisotopic (exact) mass is 879 g/mol. The predicted molar refractivity (Wildman–Crippen MR) is 257 cm³/mol. The van der Waals surface area contributed by atoms with Crippen LogP contribution in [-0.4, -0.2) is 79.0 Å². The second kappa shape index (κ2) is 19.7. The summed E-state index contributed by atoms with van der Waals surface area (Å²) in [6, 6.07) is 15.2. The zero-order chi connectivity index (χ0) is 46.0. The van der Waals surface area contributed by atoms with Crippen LogP contribution in [0.1, 0.15) is 113 Å². The number of amides is 2. The molecule has 2 aliphatic heterocycles. The van der Waals surface area contributed by atoms with E-state index in [0.717, 1.165) is 63.3 Å². The number of aryl methyl sites for hydroxylation is 2. The first kappa shape index (κ1) is 47.9. The SMILES string of the molecule is CCc1ncccc1-c1c2c3cc(ccc3n1CC)-c1cc(cc(O[Si](C(C)C)(C(C)C)C(C)C)c1)C[C@H](NC(=O)[C@@H](NC)C(C)C)C(=O)N1CCC[C@H](N1)C(=O)OCC(C)(C)C2. The lowest BCUT2D eigenvalue weighted by atomic mass is 9.84. The minimum Gasteiger partial charge on any atom is -0.543 e. The fraction of sp³-hybridized carbons (Fsp3) is 0.569. The van der Waals surface area contributed by atoms with Crippen molar-refractivity contribution in [1.29, 1.82) is 0 Å². The summed E-state index contributed by atoms with van der Waals surface area (Å²) < 4.78 is 16.0. The number of nitrogens with one attached hydrogen (secondary N) is 3. The Morgan fingerprint density at radius 3 is 2.33 bits per heavy atom. The number of rotatable bonds is 12. The number of pyridine rings is 1. The molecule has 1 saturated heterocycles. The molecule has 2 aromatic carbocycles. The van der Waals surface area contributed by atoms with E-state index in [0.29, 0.717) is 42.4 Å². The molecule has 6 bridgehead atoms. The number of fused-ring (bicyclic) bond motifs is 6. The van der Waals surface area contributed by atoms with E-state index in [4.69, 9.17) is 14.1 Å². The van der Waals surface area contributed by atoms with Gasteiger partial charge in [-0.25, -0.2) is 5.43 Å². The highest BCUT2D eigenvalue weighted by molar-refractivity contribution is 6.78. The van der Waals surface area contributed by atoms with E-state index >= 15 is 0 Å². The topological polar surface area (TPSA) is 127 Å². The molecule has 2 aromatic heterocycles. The van der Waals surface area contributed by atoms with Gasteiger partial charge in [0.1, 0.15) is 17.8 Å². The zero-order valence-corrected chi connectivity index (χ0v) is 41.3. The average molecular weight is 879 g/mol. The lowest BCUT2D eigenvalue weighted by Gasteiger charge is -2.42. The molecule has 0 unspecified atom stereocenters. The van der Waals surface area contributed by atoms with Gasteiger partial charge < -0.3 is 24.4 Å². The van der Waals surface area contributed by atoms with Gasteiger partial charge in [-0.3, -0.25) is 24.4 Å². The molecule has 342 valence electrons. The molecule has 0 saturated carbocycles. The molecule has 4 aromatic rings. The number of cyclic esters (lactones) is 1. The first-order valence-corrected chi connectivity index (χ1v) is 25.6. The Bertz CT molecular complexity index is 2260. The molecule has 4 heterocycles. The van der Waals surface area contributed by atoms with Crippen molar-refractivity contribution in [3.63, 3.8) is 0 Å². The molecule has 0 aliphatic carbocycles. The van der Waals surface area contributed by atoms with Crippen LogP contribution in [0.15, 0.2) is 54.7 Å². The first-order chi connectivity index (χ1) is 29.8. The molecule has 1 fully saturated rings. The quantitative estimate of drug-likeness (QED) is 0.0950. The summed E-state index contributed by atoms with van der Waals surface area (Å²) in [6.07, 6.45) is 4.66. The number of nitrogens with zero attached hydrogens (tertiary/aromatic N) is 3. The fourth-order valence-electron chi connectivity index (χ4n) is 10.6. The molecule has 0 spiro atoms. The highest BCUT2D eigenvalue weighted by atomic mass is 28.4. The summed E-state index contributed by atoms with van der Waals surface area (Å²) in [4.78, 5) is 47.5. The van der Waals surface area contributed by atoms with Gasteiger partial charge in [-0.05, 0) is 121 Å². The zero-order valence-electron chi connectivity index (χ0n) is 40.3. The van der Waals surface area contributed by atoms with E-state index in [2.05, 4.69) is 132 Å². The minimum absolute atomic E-state index is 0.0139. The molecule has 2 aliphatic rings. The van der Waals surface area contributed by atoms with E-state index in [1.807, 2.05) is 26.1 Å². The van der Waals surface area contributed by atoms with Crippen LogP contribution in [-0.2, 0) is 44.9 Å². The van der Waals surface area contributed by atoms with E-state index in [1.54, 1.807) is 7.05 Å². The smallest absolute Gasteiger partial charge is 0.324 e. The number of hydrogen-bond acceptors (Lipinski definition) is 8. The van der Waals surface area contributed by atoms with Crippen molar-refractivity contribution in [2.24, 2.45) is 11.3 Å². The van der Waals surface area contributed by atoms with Gasteiger partial charge in [0.2, 0.25) is 5.91 Å². The summed E-state index contributed by atoms with van der Waals surface area (Å²) in [7, 11) is -0.662. The lowest BCUT2D eigenvalue weighted by molar-refractivity contribution is -0.155. The van der Waals surface area contributed by atoms with Crippen LogP contribution in [0.2, 0.25) is 16.6 Å². The molecule has 2 amide bonds. The average Bonchev–Trinajstić information content (AvgIpc) is 3.54. The molecule has 0 radical (unpaired) electrons. The molecular weight excluding hydrogens is 805 g/mol. The number of hydrogen-bond donors (Lipinski definition) is 3. The Kier molecular flexibility index (Phi) is 15.0. The maximum Gasteiger partial charge on any atom is 0.324 e. The van der Waals surface area contributed by atoms with Gasteiger partial charge in [-0.1, -0.05) is 88.3 Å². The van der Waals surface area contributed by atoms with Crippen LogP contribution < -0.4 is 20.5 Å². The Morgan fingerprint density at radius 1 is 0.984 bits per heavy atom. The molecule has 11 nitrogen and oxygen atoms in total. The number of aromatic nitrogens is 2. The number of esters is 1. The van der Waals surface area contributed by atoms with Crippen molar-refractivity contribution in [1.82, 2.24) is 30.6 Å². The normalized spacial score (nSPS) is 19.2. The number of benzene rings is 2. The Hall–Kier alpha value is -4.52. The van der Waals surface area contributed by atoms with E-state index in [1.165, 1.54) is 10.6 Å². The van der Waals surface area contributed by atoms with Crippen molar-refractivity contribution >= 4 is 37.0 Å². The van der Waals surface area contributed by atoms with Crippen molar-refractivity contribution in [3.8, 4) is 28.1 Å². The number of ether oxygens (including phenoxy) is 1. The van der Waals surface area contributed by atoms with Crippen LogP contribution >= 0.6 is 0 Å². The maximum atomic E-state index is 14.8. The van der Waals surface area contributed by atoms with Crippen LogP contribution in [0.3, 0.4) is 0 Å². The van der Waals surface area contributed by atoms with Crippen LogP contribution in [0, 0.1) is 11.3 Å². The standard InChI is InChI=1S/C51H74N6O5Si/c1-14-42-39(18-16-22-53-42)47-41-29-51(11,12)30-61-50(60)43-19-17-23-57(55-43)49(59)44(54-48(58)46(52-13)31(3)4)26-35-24-37(36-20-21-45(40(41)28-36)56(47)15-2)27-38(25-35)62-63(32(5)6,33(7)8)34(9)10/h16,18,20-22,24-25,27-28,31-34,43-44,46,52,55H,14-15,17,19,23,26,29-30H2,1-13H3,(H,54,58)/t43-,44-,46-/m0/s1. The Labute approximate surface area is 377 Å². The van der Waals surface area contributed by atoms with Crippen molar-refractivity contribution in [2.45, 2.75) is 156 Å².